The van der Waals surface area contributed by atoms with Gasteiger partial charge in [0.2, 0.25) is 11.3 Å². The Bertz CT molecular complexity index is 888. The summed E-state index contributed by atoms with van der Waals surface area (Å²) in [4.78, 5) is 23.8. The van der Waals surface area contributed by atoms with Crippen molar-refractivity contribution in [2.45, 2.75) is 19.0 Å². The van der Waals surface area contributed by atoms with Crippen molar-refractivity contribution in [3.8, 4) is 0 Å². The van der Waals surface area contributed by atoms with Gasteiger partial charge < -0.3 is 5.32 Å². The first-order valence-corrected chi connectivity index (χ1v) is 8.71. The fourth-order valence-electron chi connectivity index (χ4n) is 2.61. The number of sulfone groups is 1. The summed E-state index contributed by atoms with van der Waals surface area (Å²) in [5.41, 5.74) is 0.373. The summed E-state index contributed by atoms with van der Waals surface area (Å²) >= 11 is 0. The van der Waals surface area contributed by atoms with E-state index in [1.54, 1.807) is 24.3 Å². The van der Waals surface area contributed by atoms with Gasteiger partial charge in [0.1, 0.15) is 6.54 Å². The lowest BCUT2D eigenvalue weighted by molar-refractivity contribution is -0.122. The first kappa shape index (κ1) is 14.7. The highest BCUT2D eigenvalue weighted by Crippen LogP contribution is 2.12. The molecule has 1 fully saturated rings. The predicted molar refractivity (Wildman–Crippen MR) is 81.2 cm³/mol. The minimum atomic E-state index is -3.03. The first-order valence-electron chi connectivity index (χ1n) is 6.89. The molecule has 1 aromatic heterocycles. The molecule has 8 heteroatoms. The molecule has 0 aliphatic carbocycles. The molecule has 0 saturated carbocycles. The van der Waals surface area contributed by atoms with Gasteiger partial charge >= 0.3 is 0 Å². The van der Waals surface area contributed by atoms with E-state index < -0.39 is 9.84 Å². The van der Waals surface area contributed by atoms with Crippen molar-refractivity contribution in [1.29, 1.82) is 0 Å². The van der Waals surface area contributed by atoms with E-state index in [1.165, 1.54) is 10.9 Å². The fraction of sp³-hybridized carbons (Fsp3) is 0.357. The highest BCUT2D eigenvalue weighted by Gasteiger charge is 2.28. The molecule has 1 aromatic carbocycles. The Balaban J connectivity index is 1.78. The maximum absolute atomic E-state index is 12.1. The molecule has 0 radical (unpaired) electrons. The van der Waals surface area contributed by atoms with Crippen LogP contribution in [0.5, 0.6) is 0 Å². The summed E-state index contributed by atoms with van der Waals surface area (Å²) in [5, 5.41) is 7.17. The Morgan fingerprint density at radius 1 is 1.36 bits per heavy atom. The van der Waals surface area contributed by atoms with Gasteiger partial charge in [-0.25, -0.2) is 8.42 Å². The molecule has 1 aliphatic rings. The highest BCUT2D eigenvalue weighted by atomic mass is 32.2. The Hall–Kier alpha value is -2.22. The van der Waals surface area contributed by atoms with Crippen LogP contribution in [0.1, 0.15) is 6.42 Å². The van der Waals surface area contributed by atoms with Crippen LogP contribution in [0.25, 0.3) is 10.9 Å². The molecule has 2 heterocycles. The number of hydrogen-bond acceptors (Lipinski definition) is 5. The maximum Gasteiger partial charge on any atom is 0.242 e. The van der Waals surface area contributed by atoms with Gasteiger partial charge in [-0.15, -0.1) is 0 Å². The number of hydrogen-bond donors (Lipinski definition) is 1. The molecular weight excluding hydrogens is 306 g/mol. The molecule has 1 atom stereocenters. The van der Waals surface area contributed by atoms with E-state index in [2.05, 4.69) is 10.4 Å². The average molecular weight is 321 g/mol. The Kier molecular flexibility index (Phi) is 3.69. The van der Waals surface area contributed by atoms with E-state index in [0.717, 1.165) is 0 Å². The Labute approximate surface area is 126 Å². The number of para-hydroxylation sites is 1. The molecule has 2 aromatic rings. The number of nitrogens with zero attached hydrogens (tertiary/aromatic N) is 2. The molecule has 1 aliphatic heterocycles. The van der Waals surface area contributed by atoms with Crippen molar-refractivity contribution < 1.29 is 13.2 Å². The van der Waals surface area contributed by atoms with Crippen molar-refractivity contribution in [3.63, 3.8) is 0 Å². The molecule has 3 rings (SSSR count). The molecule has 22 heavy (non-hydrogen) atoms. The van der Waals surface area contributed by atoms with Gasteiger partial charge in [0.05, 0.1) is 23.2 Å². The van der Waals surface area contributed by atoms with E-state index in [9.17, 15) is 18.0 Å². The minimum absolute atomic E-state index is 0.0168. The van der Waals surface area contributed by atoms with Crippen LogP contribution in [0.4, 0.5) is 0 Å². The zero-order chi connectivity index (χ0) is 15.7. The lowest BCUT2D eigenvalue weighted by Gasteiger charge is -2.13. The number of fused-ring (bicyclic) bond motifs is 1. The molecule has 1 saturated heterocycles. The second-order valence-electron chi connectivity index (χ2n) is 5.35. The number of benzene rings is 1. The third-order valence-corrected chi connectivity index (χ3v) is 5.42. The van der Waals surface area contributed by atoms with Gasteiger partial charge in [-0.2, -0.15) is 5.10 Å². The van der Waals surface area contributed by atoms with Crippen LogP contribution >= 0.6 is 0 Å². The van der Waals surface area contributed by atoms with Gasteiger partial charge in [-0.05, 0) is 18.6 Å². The smallest absolute Gasteiger partial charge is 0.242 e. The molecule has 0 spiro atoms. The SMILES string of the molecule is O=C(Cn1ncc(=O)c2ccccc21)N[C@H]1CCS(=O)(=O)C1. The van der Waals surface area contributed by atoms with E-state index in [1.807, 2.05) is 0 Å². The third-order valence-electron chi connectivity index (χ3n) is 3.65. The van der Waals surface area contributed by atoms with Crippen LogP contribution in [0, 0.1) is 0 Å². The van der Waals surface area contributed by atoms with E-state index >= 15 is 0 Å². The second kappa shape index (κ2) is 5.53. The summed E-state index contributed by atoms with van der Waals surface area (Å²) in [7, 11) is -3.03. The first-order chi connectivity index (χ1) is 10.4. The molecule has 0 bridgehead atoms. The number of rotatable bonds is 3. The van der Waals surface area contributed by atoms with Crippen LogP contribution in [0.3, 0.4) is 0 Å². The highest BCUT2D eigenvalue weighted by molar-refractivity contribution is 7.91. The largest absolute Gasteiger partial charge is 0.351 e. The number of carbonyl (C=O) groups excluding carboxylic acids is 1. The zero-order valence-electron chi connectivity index (χ0n) is 11.7. The Morgan fingerprint density at radius 2 is 2.14 bits per heavy atom. The average Bonchev–Trinajstić information content (AvgIpc) is 2.81. The number of amides is 1. The molecule has 1 amide bonds. The monoisotopic (exact) mass is 321 g/mol. The summed E-state index contributed by atoms with van der Waals surface area (Å²) < 4.78 is 24.2. The van der Waals surface area contributed by atoms with Crippen LogP contribution in [0.2, 0.25) is 0 Å². The fourth-order valence-corrected chi connectivity index (χ4v) is 4.28. The molecule has 0 unspecified atom stereocenters. The normalized spacial score (nSPS) is 20.1. The number of aromatic nitrogens is 2. The van der Waals surface area contributed by atoms with Crippen LogP contribution < -0.4 is 10.7 Å². The molecular formula is C14H15N3O4S. The van der Waals surface area contributed by atoms with Crippen molar-refractivity contribution in [3.05, 3.63) is 40.7 Å². The predicted octanol–water partition coefficient (Wildman–Crippen LogP) is -0.300. The van der Waals surface area contributed by atoms with Gasteiger partial charge in [0.15, 0.2) is 9.84 Å². The van der Waals surface area contributed by atoms with Gasteiger partial charge in [-0.3, -0.25) is 14.3 Å². The molecule has 1 N–H and O–H groups in total. The quantitative estimate of drug-likeness (QED) is 0.837. The van der Waals surface area contributed by atoms with Gasteiger partial charge in [-0.1, -0.05) is 12.1 Å². The topological polar surface area (TPSA) is 98.1 Å². The lowest BCUT2D eigenvalue weighted by atomic mass is 10.2. The second-order valence-corrected chi connectivity index (χ2v) is 7.58. The summed E-state index contributed by atoms with van der Waals surface area (Å²) in [6.07, 6.45) is 1.61. The number of carbonyl (C=O) groups is 1. The van der Waals surface area contributed by atoms with Crippen LogP contribution in [-0.4, -0.2) is 41.7 Å². The van der Waals surface area contributed by atoms with E-state index in [4.69, 9.17) is 0 Å². The minimum Gasteiger partial charge on any atom is -0.351 e. The van der Waals surface area contributed by atoms with Crippen molar-refractivity contribution in [1.82, 2.24) is 15.1 Å². The van der Waals surface area contributed by atoms with E-state index in [-0.39, 0.29) is 35.4 Å². The summed E-state index contributed by atoms with van der Waals surface area (Å²) in [6, 6.07) is 6.57. The molecule has 116 valence electrons. The van der Waals surface area contributed by atoms with Crippen molar-refractivity contribution in [2.24, 2.45) is 0 Å². The van der Waals surface area contributed by atoms with Crippen molar-refractivity contribution >= 4 is 26.6 Å². The zero-order valence-corrected chi connectivity index (χ0v) is 12.5. The van der Waals surface area contributed by atoms with E-state index in [0.29, 0.717) is 17.3 Å². The van der Waals surface area contributed by atoms with Crippen LogP contribution in [0.15, 0.2) is 35.3 Å². The number of nitrogens with one attached hydrogen (secondary N) is 1. The van der Waals surface area contributed by atoms with Gasteiger partial charge in [0, 0.05) is 11.4 Å². The van der Waals surface area contributed by atoms with Gasteiger partial charge in [0.25, 0.3) is 0 Å². The molecule has 7 nitrogen and oxygen atoms in total. The summed E-state index contributed by atoms with van der Waals surface area (Å²) in [6.45, 7) is -0.0582. The standard InChI is InChI=1S/C14H15N3O4S/c18-13-7-15-17(12-4-2-1-3-11(12)13)8-14(19)16-10-5-6-22(20,21)9-10/h1-4,7,10H,5-6,8-9H2,(H,16,19)/t10-/m0/s1. The summed E-state index contributed by atoms with van der Waals surface area (Å²) in [5.74, 6) is -0.225. The van der Waals surface area contributed by atoms with Crippen molar-refractivity contribution in [2.75, 3.05) is 11.5 Å². The maximum atomic E-state index is 12.1. The third kappa shape index (κ3) is 3.01. The lowest BCUT2D eigenvalue weighted by Crippen LogP contribution is -2.38. The Morgan fingerprint density at radius 3 is 2.86 bits per heavy atom. The van der Waals surface area contributed by atoms with Crippen LogP contribution in [-0.2, 0) is 21.2 Å².